The van der Waals surface area contributed by atoms with Crippen molar-refractivity contribution in [3.8, 4) is 0 Å². The Hall–Kier alpha value is -2.07. The summed E-state index contributed by atoms with van der Waals surface area (Å²) in [5, 5.41) is 3.15. The van der Waals surface area contributed by atoms with Gasteiger partial charge in [0.05, 0.1) is 12.6 Å². The first-order valence-corrected chi connectivity index (χ1v) is 8.99. The summed E-state index contributed by atoms with van der Waals surface area (Å²) < 4.78 is 5.78. The molecular weight excluding hydrogens is 300 g/mol. The Morgan fingerprint density at radius 3 is 2.83 bits per heavy atom. The molecule has 1 N–H and O–H groups in total. The molecule has 4 heteroatoms. The van der Waals surface area contributed by atoms with E-state index in [2.05, 4.69) is 28.4 Å². The summed E-state index contributed by atoms with van der Waals surface area (Å²) in [5.41, 5.74) is 2.60. The van der Waals surface area contributed by atoms with Gasteiger partial charge in [-0.2, -0.15) is 0 Å². The Balaban J connectivity index is 1.42. The Morgan fingerprint density at radius 2 is 1.96 bits per heavy atom. The number of carbonyl (C=O) groups excluding carboxylic acids is 1. The number of aryl methyl sites for hydroxylation is 1. The van der Waals surface area contributed by atoms with E-state index in [0.29, 0.717) is 5.76 Å². The molecule has 1 aromatic carbocycles. The van der Waals surface area contributed by atoms with E-state index in [9.17, 15) is 4.79 Å². The van der Waals surface area contributed by atoms with Crippen molar-refractivity contribution >= 4 is 5.91 Å². The molecule has 1 aromatic heterocycles. The van der Waals surface area contributed by atoms with Crippen LogP contribution in [0.25, 0.3) is 0 Å². The number of carbonyl (C=O) groups is 1. The standard InChI is InChI=1S/C20H24N2O2/c23-20(19-11-10-16(24-19)14-22-12-3-4-13-22)21-18-9-5-7-15-6-1-2-8-17(15)18/h1-2,6,8,10-11,18H,3-5,7,9,12-14H2,(H,21,23). The van der Waals surface area contributed by atoms with Crippen LogP contribution in [-0.4, -0.2) is 23.9 Å². The van der Waals surface area contributed by atoms with Crippen LogP contribution in [0.1, 0.15) is 59.2 Å². The van der Waals surface area contributed by atoms with E-state index in [-0.39, 0.29) is 11.9 Å². The summed E-state index contributed by atoms with van der Waals surface area (Å²) in [6, 6.07) is 12.2. The Morgan fingerprint density at radius 1 is 1.12 bits per heavy atom. The molecule has 1 unspecified atom stereocenters. The van der Waals surface area contributed by atoms with Crippen molar-refractivity contribution in [3.63, 3.8) is 0 Å². The van der Waals surface area contributed by atoms with Gasteiger partial charge in [0.15, 0.2) is 5.76 Å². The normalized spacial score (nSPS) is 20.8. The predicted octanol–water partition coefficient (Wildman–Crippen LogP) is 3.68. The Labute approximate surface area is 142 Å². The van der Waals surface area contributed by atoms with Gasteiger partial charge in [0, 0.05) is 0 Å². The molecule has 126 valence electrons. The van der Waals surface area contributed by atoms with Crippen LogP contribution in [-0.2, 0) is 13.0 Å². The van der Waals surface area contributed by atoms with Gasteiger partial charge in [-0.05, 0) is 68.5 Å². The number of likely N-dealkylation sites (tertiary alicyclic amines) is 1. The minimum atomic E-state index is -0.107. The minimum absolute atomic E-state index is 0.0922. The van der Waals surface area contributed by atoms with Crippen LogP contribution < -0.4 is 5.32 Å². The summed E-state index contributed by atoms with van der Waals surface area (Å²) in [4.78, 5) is 14.9. The average molecular weight is 324 g/mol. The number of furan rings is 1. The molecule has 4 rings (SSSR count). The number of hydrogen-bond acceptors (Lipinski definition) is 3. The molecule has 0 spiro atoms. The van der Waals surface area contributed by atoms with E-state index in [0.717, 1.165) is 44.7 Å². The molecule has 0 saturated carbocycles. The second kappa shape index (κ2) is 6.81. The highest BCUT2D eigenvalue weighted by Gasteiger charge is 2.23. The van der Waals surface area contributed by atoms with Crippen molar-refractivity contribution in [2.45, 2.75) is 44.7 Å². The maximum Gasteiger partial charge on any atom is 0.287 e. The molecule has 0 radical (unpaired) electrons. The van der Waals surface area contributed by atoms with Crippen molar-refractivity contribution in [1.29, 1.82) is 0 Å². The van der Waals surface area contributed by atoms with Crippen molar-refractivity contribution in [3.05, 3.63) is 59.0 Å². The lowest BCUT2D eigenvalue weighted by Crippen LogP contribution is -2.30. The first kappa shape index (κ1) is 15.5. The summed E-state index contributed by atoms with van der Waals surface area (Å²) in [5.74, 6) is 1.20. The van der Waals surface area contributed by atoms with Crippen LogP contribution in [0.15, 0.2) is 40.8 Å². The van der Waals surface area contributed by atoms with Crippen molar-refractivity contribution < 1.29 is 9.21 Å². The van der Waals surface area contributed by atoms with Crippen LogP contribution in [0.5, 0.6) is 0 Å². The molecule has 1 aliphatic carbocycles. The third-order valence-electron chi connectivity index (χ3n) is 5.14. The van der Waals surface area contributed by atoms with Crippen LogP contribution in [0.3, 0.4) is 0 Å². The third-order valence-corrected chi connectivity index (χ3v) is 5.14. The van der Waals surface area contributed by atoms with Gasteiger partial charge in [-0.25, -0.2) is 0 Å². The van der Waals surface area contributed by atoms with Gasteiger partial charge in [0.25, 0.3) is 5.91 Å². The quantitative estimate of drug-likeness (QED) is 0.933. The zero-order valence-corrected chi connectivity index (χ0v) is 14.0. The van der Waals surface area contributed by atoms with Crippen LogP contribution in [0.4, 0.5) is 0 Å². The smallest absolute Gasteiger partial charge is 0.287 e. The van der Waals surface area contributed by atoms with E-state index in [1.807, 2.05) is 12.1 Å². The molecule has 4 nitrogen and oxygen atoms in total. The number of rotatable bonds is 4. The molecule has 2 heterocycles. The van der Waals surface area contributed by atoms with E-state index >= 15 is 0 Å². The van der Waals surface area contributed by atoms with E-state index in [1.165, 1.54) is 24.0 Å². The first-order chi connectivity index (χ1) is 11.8. The number of amides is 1. The molecule has 2 aliphatic rings. The number of fused-ring (bicyclic) bond motifs is 1. The lowest BCUT2D eigenvalue weighted by atomic mass is 9.88. The number of nitrogens with one attached hydrogen (secondary N) is 1. The monoisotopic (exact) mass is 324 g/mol. The van der Waals surface area contributed by atoms with Gasteiger partial charge in [-0.1, -0.05) is 24.3 Å². The van der Waals surface area contributed by atoms with Crippen LogP contribution in [0.2, 0.25) is 0 Å². The first-order valence-electron chi connectivity index (χ1n) is 8.99. The highest BCUT2D eigenvalue weighted by atomic mass is 16.4. The molecule has 1 atom stereocenters. The maximum atomic E-state index is 12.6. The molecule has 0 bridgehead atoms. The maximum absolute atomic E-state index is 12.6. The second-order valence-corrected chi connectivity index (χ2v) is 6.87. The Kier molecular flexibility index (Phi) is 4.39. The lowest BCUT2D eigenvalue weighted by molar-refractivity contribution is 0.0901. The number of nitrogens with zero attached hydrogens (tertiary/aromatic N) is 1. The molecule has 24 heavy (non-hydrogen) atoms. The highest BCUT2D eigenvalue weighted by Crippen LogP contribution is 2.29. The van der Waals surface area contributed by atoms with Gasteiger partial charge in [-0.15, -0.1) is 0 Å². The Bertz CT molecular complexity index is 716. The highest BCUT2D eigenvalue weighted by molar-refractivity contribution is 5.91. The summed E-state index contributed by atoms with van der Waals surface area (Å²) in [6.45, 7) is 3.06. The van der Waals surface area contributed by atoms with Gasteiger partial charge in [0.2, 0.25) is 0 Å². The zero-order valence-electron chi connectivity index (χ0n) is 14.0. The van der Waals surface area contributed by atoms with Gasteiger partial charge < -0.3 is 9.73 Å². The van der Waals surface area contributed by atoms with Crippen LogP contribution >= 0.6 is 0 Å². The number of benzene rings is 1. The lowest BCUT2D eigenvalue weighted by Gasteiger charge is -2.26. The van der Waals surface area contributed by atoms with Crippen LogP contribution in [0, 0.1) is 0 Å². The fourth-order valence-electron chi connectivity index (χ4n) is 3.88. The van der Waals surface area contributed by atoms with E-state index in [1.54, 1.807) is 6.07 Å². The SMILES string of the molecule is O=C(NC1CCCc2ccccc21)c1ccc(CN2CCCC2)o1. The number of hydrogen-bond donors (Lipinski definition) is 1. The molecule has 1 fully saturated rings. The molecule has 1 amide bonds. The minimum Gasteiger partial charge on any atom is -0.455 e. The summed E-state index contributed by atoms with van der Waals surface area (Å²) in [7, 11) is 0. The molecule has 1 saturated heterocycles. The predicted molar refractivity (Wildman–Crippen MR) is 92.8 cm³/mol. The van der Waals surface area contributed by atoms with Gasteiger partial charge in [0.1, 0.15) is 5.76 Å². The van der Waals surface area contributed by atoms with Crippen molar-refractivity contribution in [2.24, 2.45) is 0 Å². The fraction of sp³-hybridized carbons (Fsp3) is 0.450. The van der Waals surface area contributed by atoms with Gasteiger partial charge in [-0.3, -0.25) is 9.69 Å². The molecular formula is C20H24N2O2. The van der Waals surface area contributed by atoms with Crippen molar-refractivity contribution in [1.82, 2.24) is 10.2 Å². The molecule has 2 aromatic rings. The molecule has 1 aliphatic heterocycles. The fourth-order valence-corrected chi connectivity index (χ4v) is 3.88. The van der Waals surface area contributed by atoms with E-state index < -0.39 is 0 Å². The average Bonchev–Trinajstić information content (AvgIpc) is 3.28. The van der Waals surface area contributed by atoms with Crippen molar-refractivity contribution in [2.75, 3.05) is 13.1 Å². The largest absolute Gasteiger partial charge is 0.455 e. The summed E-state index contributed by atoms with van der Waals surface area (Å²) in [6.07, 6.45) is 5.72. The zero-order chi connectivity index (χ0) is 16.4. The second-order valence-electron chi connectivity index (χ2n) is 6.87. The van der Waals surface area contributed by atoms with E-state index in [4.69, 9.17) is 4.42 Å². The summed E-state index contributed by atoms with van der Waals surface area (Å²) >= 11 is 0. The van der Waals surface area contributed by atoms with Gasteiger partial charge >= 0.3 is 0 Å². The third kappa shape index (κ3) is 3.24. The topological polar surface area (TPSA) is 45.5 Å².